The minimum Gasteiger partial charge on any atom is -0.358 e. The Kier molecular flexibility index (Phi) is 9.55. The average molecular weight is 413 g/mol. The molecule has 1 aliphatic rings. The van der Waals surface area contributed by atoms with Crippen molar-refractivity contribution in [3.8, 4) is 0 Å². The number of aliphatic imine (C=N–C) groups is 1. The maximum atomic E-state index is 4.69. The molecule has 0 saturated carbocycles. The Morgan fingerprint density at radius 2 is 1.83 bits per heavy atom. The second kappa shape index (κ2) is 11.6. The molecule has 1 aliphatic heterocycles. The van der Waals surface area contributed by atoms with E-state index in [1.165, 1.54) is 35.3 Å². The second-order valence-corrected chi connectivity index (χ2v) is 10.5. The summed E-state index contributed by atoms with van der Waals surface area (Å²) < 4.78 is 0. The predicted molar refractivity (Wildman–Crippen MR) is 131 cm³/mol. The van der Waals surface area contributed by atoms with Gasteiger partial charge in [-0.25, -0.2) is 0 Å². The molecule has 1 aromatic rings. The van der Waals surface area contributed by atoms with Crippen molar-refractivity contribution >= 4 is 17.6 Å². The van der Waals surface area contributed by atoms with E-state index < -0.39 is 0 Å². The summed E-state index contributed by atoms with van der Waals surface area (Å²) in [5, 5.41) is 0. The molecule has 0 fully saturated rings. The minimum absolute atomic E-state index is 0.454. The molecule has 160 valence electrons. The zero-order valence-electron chi connectivity index (χ0n) is 19.4. The number of hydrogen-bond donors (Lipinski definition) is 0. The van der Waals surface area contributed by atoms with Crippen LogP contribution in [0, 0.1) is 5.41 Å². The standard InChI is InChI=1S/C26H40N2S/c1-21(13-10-17-26(3,4)5)11-9-12-22(2)16-20-29-24-15-8-7-14-23(24)25-27-18-19-28(25)6/h7-8,11,14-16H,9-10,12-13,17-20H2,1-6H3/b21-11+,22-16+. The molecule has 2 rings (SSSR count). The van der Waals surface area contributed by atoms with Gasteiger partial charge < -0.3 is 4.90 Å². The summed E-state index contributed by atoms with van der Waals surface area (Å²) in [7, 11) is 2.13. The summed E-state index contributed by atoms with van der Waals surface area (Å²) in [6.07, 6.45) is 11.0. The molecule has 0 N–H and O–H groups in total. The van der Waals surface area contributed by atoms with Gasteiger partial charge in [-0.1, -0.05) is 62.3 Å². The van der Waals surface area contributed by atoms with Crippen LogP contribution in [0.2, 0.25) is 0 Å². The summed E-state index contributed by atoms with van der Waals surface area (Å²) in [4.78, 5) is 8.28. The van der Waals surface area contributed by atoms with Gasteiger partial charge in [0, 0.05) is 29.8 Å². The Bertz CT molecular complexity index is 737. The first-order valence-electron chi connectivity index (χ1n) is 11.1. The van der Waals surface area contributed by atoms with Crippen LogP contribution in [0.3, 0.4) is 0 Å². The lowest BCUT2D eigenvalue weighted by Gasteiger charge is -2.17. The van der Waals surface area contributed by atoms with E-state index in [0.29, 0.717) is 5.41 Å². The molecule has 3 heteroatoms. The molecule has 0 aromatic heterocycles. The zero-order chi connectivity index (χ0) is 21.3. The molecule has 0 spiro atoms. The fourth-order valence-corrected chi connectivity index (χ4v) is 4.56. The van der Waals surface area contributed by atoms with Gasteiger partial charge >= 0.3 is 0 Å². The van der Waals surface area contributed by atoms with E-state index >= 15 is 0 Å². The van der Waals surface area contributed by atoms with Crippen molar-refractivity contribution in [2.45, 2.75) is 71.6 Å². The molecule has 1 aromatic carbocycles. The molecule has 0 amide bonds. The Hall–Kier alpha value is -1.48. The number of benzene rings is 1. The molecule has 29 heavy (non-hydrogen) atoms. The molecule has 0 saturated heterocycles. The van der Waals surface area contributed by atoms with Crippen molar-refractivity contribution in [2.24, 2.45) is 10.4 Å². The van der Waals surface area contributed by atoms with Crippen LogP contribution in [0.5, 0.6) is 0 Å². The number of likely N-dealkylation sites (N-methyl/N-ethyl adjacent to an activating group) is 1. The van der Waals surface area contributed by atoms with E-state index in [4.69, 9.17) is 0 Å². The van der Waals surface area contributed by atoms with Crippen LogP contribution < -0.4 is 0 Å². The number of rotatable bonds is 10. The third-order valence-electron chi connectivity index (χ3n) is 5.39. The van der Waals surface area contributed by atoms with E-state index in [9.17, 15) is 0 Å². The van der Waals surface area contributed by atoms with Crippen molar-refractivity contribution in [3.05, 3.63) is 53.1 Å². The van der Waals surface area contributed by atoms with Crippen LogP contribution in [-0.2, 0) is 0 Å². The Labute approximate surface area is 183 Å². The fourth-order valence-electron chi connectivity index (χ4n) is 3.52. The van der Waals surface area contributed by atoms with Crippen LogP contribution in [0.4, 0.5) is 0 Å². The van der Waals surface area contributed by atoms with Crippen LogP contribution >= 0.6 is 11.8 Å². The molecule has 0 radical (unpaired) electrons. The first-order chi connectivity index (χ1) is 13.8. The lowest BCUT2D eigenvalue weighted by Crippen LogP contribution is -2.23. The van der Waals surface area contributed by atoms with Gasteiger partial charge in [0.1, 0.15) is 5.84 Å². The lowest BCUT2D eigenvalue weighted by atomic mass is 9.89. The summed E-state index contributed by atoms with van der Waals surface area (Å²) >= 11 is 1.92. The Morgan fingerprint density at radius 1 is 1.10 bits per heavy atom. The molecule has 1 heterocycles. The SMILES string of the molecule is C/C(=C\CSc1ccccc1C1=NCCN1C)CC/C=C(\C)CCCC(C)(C)C. The van der Waals surface area contributed by atoms with Gasteiger partial charge in [-0.3, -0.25) is 4.99 Å². The number of hydrogen-bond acceptors (Lipinski definition) is 3. The predicted octanol–water partition coefficient (Wildman–Crippen LogP) is 7.36. The average Bonchev–Trinajstić information content (AvgIpc) is 3.07. The quantitative estimate of drug-likeness (QED) is 0.295. The molecular formula is C26H40N2S. The zero-order valence-corrected chi connectivity index (χ0v) is 20.2. The topological polar surface area (TPSA) is 15.6 Å². The number of amidine groups is 1. The van der Waals surface area contributed by atoms with Gasteiger partial charge in [-0.05, 0) is 57.4 Å². The minimum atomic E-state index is 0.454. The maximum Gasteiger partial charge on any atom is 0.131 e. The van der Waals surface area contributed by atoms with E-state index in [2.05, 4.69) is 88.0 Å². The lowest BCUT2D eigenvalue weighted by molar-refractivity contribution is 0.365. The van der Waals surface area contributed by atoms with E-state index in [1.807, 2.05) is 11.8 Å². The van der Waals surface area contributed by atoms with Crippen LogP contribution in [-0.4, -0.2) is 36.6 Å². The van der Waals surface area contributed by atoms with Crippen LogP contribution in [0.1, 0.15) is 72.3 Å². The first kappa shape index (κ1) is 23.8. The first-order valence-corrected chi connectivity index (χ1v) is 12.0. The molecule has 0 unspecified atom stereocenters. The van der Waals surface area contributed by atoms with Crippen molar-refractivity contribution in [1.82, 2.24) is 4.90 Å². The monoisotopic (exact) mass is 412 g/mol. The second-order valence-electron chi connectivity index (χ2n) is 9.49. The van der Waals surface area contributed by atoms with Crippen LogP contribution in [0.25, 0.3) is 0 Å². The molecule has 0 aliphatic carbocycles. The third kappa shape index (κ3) is 8.82. The highest BCUT2D eigenvalue weighted by Gasteiger charge is 2.17. The highest BCUT2D eigenvalue weighted by molar-refractivity contribution is 7.99. The molecule has 2 nitrogen and oxygen atoms in total. The summed E-state index contributed by atoms with van der Waals surface area (Å²) in [5.74, 6) is 2.16. The normalized spacial score (nSPS) is 15.8. The van der Waals surface area contributed by atoms with Gasteiger partial charge in [0.2, 0.25) is 0 Å². The van der Waals surface area contributed by atoms with Gasteiger partial charge in [0.25, 0.3) is 0 Å². The molecular weight excluding hydrogens is 372 g/mol. The van der Waals surface area contributed by atoms with Crippen molar-refractivity contribution in [1.29, 1.82) is 0 Å². The van der Waals surface area contributed by atoms with E-state index in [-0.39, 0.29) is 0 Å². The summed E-state index contributed by atoms with van der Waals surface area (Å²) in [6.45, 7) is 13.5. The number of allylic oxidation sites excluding steroid dienone is 3. The highest BCUT2D eigenvalue weighted by atomic mass is 32.2. The van der Waals surface area contributed by atoms with E-state index in [1.54, 1.807) is 5.57 Å². The Morgan fingerprint density at radius 3 is 2.52 bits per heavy atom. The summed E-state index contributed by atoms with van der Waals surface area (Å²) in [6, 6.07) is 8.67. The van der Waals surface area contributed by atoms with Crippen LogP contribution in [0.15, 0.2) is 57.5 Å². The largest absolute Gasteiger partial charge is 0.358 e. The molecule has 0 atom stereocenters. The van der Waals surface area contributed by atoms with Crippen molar-refractivity contribution < 1.29 is 0 Å². The molecule has 0 bridgehead atoms. The van der Waals surface area contributed by atoms with E-state index in [0.717, 1.165) is 37.5 Å². The number of thioether (sulfide) groups is 1. The maximum absolute atomic E-state index is 4.69. The van der Waals surface area contributed by atoms with Gasteiger partial charge in [0.15, 0.2) is 0 Å². The fraction of sp³-hybridized carbons (Fsp3) is 0.577. The smallest absolute Gasteiger partial charge is 0.131 e. The van der Waals surface area contributed by atoms with Gasteiger partial charge in [-0.2, -0.15) is 0 Å². The van der Waals surface area contributed by atoms with Crippen molar-refractivity contribution in [2.75, 3.05) is 25.9 Å². The van der Waals surface area contributed by atoms with Gasteiger partial charge in [-0.15, -0.1) is 11.8 Å². The highest BCUT2D eigenvalue weighted by Crippen LogP contribution is 2.26. The number of nitrogens with zero attached hydrogens (tertiary/aromatic N) is 2. The third-order valence-corrected chi connectivity index (χ3v) is 6.39. The van der Waals surface area contributed by atoms with Gasteiger partial charge in [0.05, 0.1) is 6.54 Å². The Balaban J connectivity index is 1.77. The van der Waals surface area contributed by atoms with Crippen molar-refractivity contribution in [3.63, 3.8) is 0 Å². The summed E-state index contributed by atoms with van der Waals surface area (Å²) in [5.41, 5.74) is 4.77.